The van der Waals surface area contributed by atoms with Crippen LogP contribution in [0.15, 0.2) is 78.9 Å². The maximum Gasteiger partial charge on any atom is 0.416 e. The first-order valence-electron chi connectivity index (χ1n) is 13.4. The van der Waals surface area contributed by atoms with Gasteiger partial charge in [0.15, 0.2) is 0 Å². The average Bonchev–Trinajstić information content (AvgIpc) is 2.92. The lowest BCUT2D eigenvalue weighted by Gasteiger charge is -2.38. The van der Waals surface area contributed by atoms with Crippen molar-refractivity contribution < 1.29 is 30.8 Å². The molecule has 220 valence electrons. The minimum absolute atomic E-state index is 0.0172. The topological polar surface area (TPSA) is 69.7 Å². The van der Waals surface area contributed by atoms with Gasteiger partial charge in [0, 0.05) is 31.7 Å². The number of piperidine rings is 1. The van der Waals surface area contributed by atoms with E-state index in [9.17, 15) is 30.8 Å². The van der Waals surface area contributed by atoms with E-state index in [2.05, 4.69) is 10.2 Å². The number of hydrogen-bond donors (Lipinski definition) is 1. The van der Waals surface area contributed by atoms with Crippen molar-refractivity contribution in [3.63, 3.8) is 0 Å². The fourth-order valence-corrected chi connectivity index (χ4v) is 6.64. The van der Waals surface area contributed by atoms with Crippen LogP contribution >= 0.6 is 0 Å². The van der Waals surface area contributed by atoms with Crippen LogP contribution in [0.2, 0.25) is 0 Å². The van der Waals surface area contributed by atoms with E-state index in [0.717, 1.165) is 12.1 Å². The van der Waals surface area contributed by atoms with Crippen molar-refractivity contribution in [3.05, 3.63) is 101 Å². The predicted molar refractivity (Wildman–Crippen MR) is 150 cm³/mol. The van der Waals surface area contributed by atoms with Crippen LogP contribution in [0.5, 0.6) is 0 Å². The van der Waals surface area contributed by atoms with Crippen molar-refractivity contribution in [3.8, 4) is 0 Å². The number of carbonyl (C=O) groups is 1. The Morgan fingerprint density at radius 1 is 0.976 bits per heavy atom. The Bertz CT molecular complexity index is 1410. The largest absolute Gasteiger partial charge is 0.416 e. The highest BCUT2D eigenvalue weighted by Gasteiger charge is 2.31. The molecule has 11 heteroatoms. The number of nitrogens with one attached hydrogen (secondary N) is 1. The lowest BCUT2D eigenvalue weighted by atomic mass is 10.0. The van der Waals surface area contributed by atoms with E-state index in [-0.39, 0.29) is 42.4 Å². The Morgan fingerprint density at radius 3 is 2.24 bits per heavy atom. The lowest BCUT2D eigenvalue weighted by molar-refractivity contribution is -0.137. The van der Waals surface area contributed by atoms with Crippen LogP contribution in [0.1, 0.15) is 36.5 Å². The molecule has 1 amide bonds. The van der Waals surface area contributed by atoms with Gasteiger partial charge in [-0.25, -0.2) is 12.8 Å². The van der Waals surface area contributed by atoms with E-state index in [1.165, 1.54) is 34.6 Å². The second kappa shape index (κ2) is 13.0. The first-order chi connectivity index (χ1) is 19.4. The van der Waals surface area contributed by atoms with Crippen molar-refractivity contribution in [1.82, 2.24) is 10.2 Å². The van der Waals surface area contributed by atoms with E-state index in [4.69, 9.17) is 0 Å². The standard InChI is InChI=1S/C30H33F4N3O3S/c1-22(20-37(28-9-5-8-26(31)19-28)41(39,40)21-24-6-3-2-4-7-24)36-16-14-27(15-17-36)35-29(38)18-23-10-12-25(13-11-23)30(32,33)34/h2-13,19,22,27H,14-18,20-21H2,1H3,(H,35,38)/t22-/m0/s1. The van der Waals surface area contributed by atoms with Gasteiger partial charge in [-0.2, -0.15) is 13.2 Å². The minimum Gasteiger partial charge on any atom is -0.353 e. The summed E-state index contributed by atoms with van der Waals surface area (Å²) in [5, 5.41) is 2.96. The van der Waals surface area contributed by atoms with Crippen LogP contribution in [0.25, 0.3) is 0 Å². The number of amides is 1. The molecular formula is C30H33F4N3O3S. The lowest BCUT2D eigenvalue weighted by Crippen LogP contribution is -2.51. The molecule has 1 aliphatic heterocycles. The Morgan fingerprint density at radius 2 is 1.63 bits per heavy atom. The van der Waals surface area contributed by atoms with Crippen LogP contribution in [-0.2, 0) is 33.2 Å². The highest BCUT2D eigenvalue weighted by molar-refractivity contribution is 7.92. The van der Waals surface area contributed by atoms with E-state index < -0.39 is 27.6 Å². The van der Waals surface area contributed by atoms with Gasteiger partial charge in [0.05, 0.1) is 23.4 Å². The summed E-state index contributed by atoms with van der Waals surface area (Å²) in [5.41, 5.74) is 0.635. The third-order valence-corrected chi connectivity index (χ3v) is 8.95. The maximum absolute atomic E-state index is 14.1. The van der Waals surface area contributed by atoms with Gasteiger partial charge in [-0.05, 0) is 61.2 Å². The zero-order valence-corrected chi connectivity index (χ0v) is 23.5. The van der Waals surface area contributed by atoms with E-state index in [1.54, 1.807) is 30.3 Å². The van der Waals surface area contributed by atoms with Crippen LogP contribution in [0.4, 0.5) is 23.2 Å². The molecule has 1 atom stereocenters. The molecule has 0 unspecified atom stereocenters. The van der Waals surface area contributed by atoms with Crippen LogP contribution in [0.3, 0.4) is 0 Å². The van der Waals surface area contributed by atoms with E-state index in [0.29, 0.717) is 37.1 Å². The number of nitrogens with zero attached hydrogens (tertiary/aromatic N) is 2. The SMILES string of the molecule is C[C@@H](CN(c1cccc(F)c1)S(=O)(=O)Cc1ccccc1)N1CCC(NC(=O)Cc2ccc(C(F)(F)F)cc2)CC1. The molecule has 0 bridgehead atoms. The van der Waals surface area contributed by atoms with Crippen LogP contribution in [0, 0.1) is 5.82 Å². The summed E-state index contributed by atoms with van der Waals surface area (Å²) in [6.07, 6.45) is -3.16. The van der Waals surface area contributed by atoms with Crippen molar-refractivity contribution in [1.29, 1.82) is 0 Å². The van der Waals surface area contributed by atoms with Gasteiger partial charge in [0.25, 0.3) is 0 Å². The van der Waals surface area contributed by atoms with Gasteiger partial charge in [0.1, 0.15) is 5.82 Å². The summed E-state index contributed by atoms with van der Waals surface area (Å²) in [5.74, 6) is -1.01. The normalized spacial score (nSPS) is 15.8. The molecule has 1 aliphatic rings. The molecule has 0 aromatic heterocycles. The molecule has 0 aliphatic carbocycles. The van der Waals surface area contributed by atoms with Crippen molar-refractivity contribution in [2.24, 2.45) is 0 Å². The number of alkyl halides is 3. The van der Waals surface area contributed by atoms with Gasteiger partial charge in [-0.1, -0.05) is 48.5 Å². The molecule has 3 aromatic carbocycles. The maximum atomic E-state index is 14.1. The number of carbonyl (C=O) groups excluding carboxylic acids is 1. The first-order valence-corrected chi connectivity index (χ1v) is 15.0. The smallest absolute Gasteiger partial charge is 0.353 e. The highest BCUT2D eigenvalue weighted by Crippen LogP contribution is 2.29. The number of likely N-dealkylation sites (tertiary alicyclic amines) is 1. The fraction of sp³-hybridized carbons (Fsp3) is 0.367. The molecule has 6 nitrogen and oxygen atoms in total. The predicted octanol–water partition coefficient (Wildman–Crippen LogP) is 5.39. The summed E-state index contributed by atoms with van der Waals surface area (Å²) in [7, 11) is -3.83. The Hall–Kier alpha value is -3.44. The number of anilines is 1. The zero-order valence-electron chi connectivity index (χ0n) is 22.6. The summed E-state index contributed by atoms with van der Waals surface area (Å²) in [4.78, 5) is 14.7. The van der Waals surface area contributed by atoms with Crippen LogP contribution < -0.4 is 9.62 Å². The monoisotopic (exact) mass is 591 g/mol. The molecule has 1 fully saturated rings. The van der Waals surface area contributed by atoms with Crippen LogP contribution in [-0.4, -0.2) is 50.9 Å². The number of benzene rings is 3. The number of sulfonamides is 1. The van der Waals surface area contributed by atoms with Gasteiger partial charge in [0.2, 0.25) is 15.9 Å². The van der Waals surface area contributed by atoms with Gasteiger partial charge in [-0.15, -0.1) is 0 Å². The molecule has 1 N–H and O–H groups in total. The quantitative estimate of drug-likeness (QED) is 0.321. The summed E-state index contributed by atoms with van der Waals surface area (Å²) < 4.78 is 80.7. The molecule has 4 rings (SSSR count). The average molecular weight is 592 g/mol. The molecule has 41 heavy (non-hydrogen) atoms. The van der Waals surface area contributed by atoms with Crippen molar-refractivity contribution in [2.45, 2.75) is 50.2 Å². The van der Waals surface area contributed by atoms with Crippen molar-refractivity contribution in [2.75, 3.05) is 23.9 Å². The zero-order chi connectivity index (χ0) is 29.6. The molecule has 3 aromatic rings. The molecule has 0 saturated carbocycles. The number of rotatable bonds is 10. The number of halogens is 4. The summed E-state index contributed by atoms with van der Waals surface area (Å²) in [6.45, 7) is 3.28. The Kier molecular flexibility index (Phi) is 9.70. The minimum atomic E-state index is -4.42. The molecule has 0 spiro atoms. The number of hydrogen-bond acceptors (Lipinski definition) is 4. The second-order valence-corrected chi connectivity index (χ2v) is 12.2. The second-order valence-electron chi connectivity index (χ2n) is 10.4. The highest BCUT2D eigenvalue weighted by atomic mass is 32.2. The third-order valence-electron chi connectivity index (χ3n) is 7.22. The van der Waals surface area contributed by atoms with Gasteiger partial charge >= 0.3 is 6.18 Å². The summed E-state index contributed by atoms with van der Waals surface area (Å²) in [6, 6.07) is 18.6. The van der Waals surface area contributed by atoms with Gasteiger partial charge < -0.3 is 5.32 Å². The van der Waals surface area contributed by atoms with Crippen molar-refractivity contribution >= 4 is 21.6 Å². The first kappa shape index (κ1) is 30.5. The summed E-state index contributed by atoms with van der Waals surface area (Å²) >= 11 is 0. The molecule has 1 heterocycles. The van der Waals surface area contributed by atoms with E-state index in [1.807, 2.05) is 13.0 Å². The Labute approximate surface area is 238 Å². The van der Waals surface area contributed by atoms with E-state index >= 15 is 0 Å². The molecular weight excluding hydrogens is 558 g/mol. The molecule has 1 saturated heterocycles. The fourth-order valence-electron chi connectivity index (χ4n) is 4.99. The molecule has 0 radical (unpaired) electrons. The third kappa shape index (κ3) is 8.53. The Balaban J connectivity index is 1.34. The van der Waals surface area contributed by atoms with Gasteiger partial charge in [-0.3, -0.25) is 14.0 Å².